The molecular weight excluding hydrogens is 412 g/mol. The maximum absolute atomic E-state index is 13.8. The van der Waals surface area contributed by atoms with Crippen molar-refractivity contribution in [3.8, 4) is 0 Å². The molecule has 0 aliphatic heterocycles. The topological polar surface area (TPSA) is 80.1 Å². The van der Waals surface area contributed by atoms with E-state index >= 15 is 0 Å². The first-order valence-corrected chi connectivity index (χ1v) is 9.88. The second kappa shape index (κ2) is 9.49. The number of nitrogens with one attached hydrogen (secondary N) is 1. The van der Waals surface area contributed by atoms with Crippen LogP contribution in [0.25, 0.3) is 0 Å². The molecule has 7 nitrogen and oxygen atoms in total. The molecule has 0 atom stereocenters. The highest BCUT2D eigenvalue weighted by molar-refractivity contribution is 7.99. The molecule has 30 heavy (non-hydrogen) atoms. The van der Waals surface area contributed by atoms with Crippen LogP contribution in [0.5, 0.6) is 0 Å². The Hall–Kier alpha value is -3.27. The van der Waals surface area contributed by atoms with Crippen LogP contribution in [0.15, 0.2) is 53.9 Å². The average molecular weight is 431 g/mol. The van der Waals surface area contributed by atoms with Gasteiger partial charge in [-0.05, 0) is 24.3 Å². The number of halogens is 2. The van der Waals surface area contributed by atoms with Crippen LogP contribution in [0.1, 0.15) is 15.9 Å². The van der Waals surface area contributed by atoms with Gasteiger partial charge in [0.25, 0.3) is 5.91 Å². The minimum absolute atomic E-state index is 0.0180. The normalized spacial score (nSPS) is 10.7. The second-order valence-electron chi connectivity index (χ2n) is 6.54. The van der Waals surface area contributed by atoms with Crippen LogP contribution in [-0.2, 0) is 18.4 Å². The van der Waals surface area contributed by atoms with E-state index in [9.17, 15) is 18.4 Å². The van der Waals surface area contributed by atoms with Gasteiger partial charge in [0.2, 0.25) is 5.91 Å². The number of benzene rings is 2. The van der Waals surface area contributed by atoms with Crippen molar-refractivity contribution < 1.29 is 18.4 Å². The van der Waals surface area contributed by atoms with Crippen molar-refractivity contribution >= 4 is 29.3 Å². The monoisotopic (exact) mass is 431 g/mol. The van der Waals surface area contributed by atoms with Crippen molar-refractivity contribution in [1.82, 2.24) is 19.7 Å². The van der Waals surface area contributed by atoms with Crippen molar-refractivity contribution in [3.05, 3.63) is 71.6 Å². The van der Waals surface area contributed by atoms with Crippen LogP contribution in [-0.4, -0.2) is 44.3 Å². The van der Waals surface area contributed by atoms with Gasteiger partial charge in [-0.15, -0.1) is 10.2 Å². The Morgan fingerprint density at radius 3 is 2.70 bits per heavy atom. The van der Waals surface area contributed by atoms with E-state index in [1.807, 2.05) is 0 Å². The van der Waals surface area contributed by atoms with Crippen LogP contribution in [0.2, 0.25) is 0 Å². The lowest BCUT2D eigenvalue weighted by atomic mass is 10.1. The lowest BCUT2D eigenvalue weighted by Crippen LogP contribution is -2.26. The maximum Gasteiger partial charge on any atom is 0.253 e. The molecule has 0 unspecified atom stereocenters. The molecule has 10 heteroatoms. The lowest BCUT2D eigenvalue weighted by molar-refractivity contribution is -0.113. The Morgan fingerprint density at radius 2 is 2.00 bits per heavy atom. The van der Waals surface area contributed by atoms with Gasteiger partial charge in [0.15, 0.2) is 5.16 Å². The Labute approximate surface area is 176 Å². The molecule has 3 aromatic rings. The highest BCUT2D eigenvalue weighted by Gasteiger charge is 2.15. The summed E-state index contributed by atoms with van der Waals surface area (Å²) < 4.78 is 28.6. The molecule has 1 aromatic heterocycles. The van der Waals surface area contributed by atoms with E-state index < -0.39 is 11.6 Å². The first-order chi connectivity index (χ1) is 14.3. The van der Waals surface area contributed by atoms with Gasteiger partial charge >= 0.3 is 0 Å². The average Bonchev–Trinajstić information content (AvgIpc) is 3.13. The van der Waals surface area contributed by atoms with Crippen molar-refractivity contribution in [2.24, 2.45) is 7.05 Å². The molecule has 2 aromatic carbocycles. The number of hydrogen-bond acceptors (Lipinski definition) is 5. The summed E-state index contributed by atoms with van der Waals surface area (Å²) in [6, 6.07) is 9.69. The first kappa shape index (κ1) is 21.4. The third kappa shape index (κ3) is 5.41. The van der Waals surface area contributed by atoms with Gasteiger partial charge in [0, 0.05) is 43.5 Å². The van der Waals surface area contributed by atoms with Crippen LogP contribution in [0.4, 0.5) is 14.5 Å². The summed E-state index contributed by atoms with van der Waals surface area (Å²) in [5.74, 6) is -1.87. The van der Waals surface area contributed by atoms with Crippen molar-refractivity contribution in [2.45, 2.75) is 11.7 Å². The largest absolute Gasteiger partial charge is 0.337 e. The SMILES string of the molecule is CN(Cc1ccc(F)cc1F)C(=O)c1cccc(NC(=O)CSc2nncn2C)c1. The van der Waals surface area contributed by atoms with Gasteiger partial charge in [-0.25, -0.2) is 8.78 Å². The van der Waals surface area contributed by atoms with E-state index in [-0.39, 0.29) is 29.7 Å². The molecule has 2 amide bonds. The number of thioether (sulfide) groups is 1. The van der Waals surface area contributed by atoms with Crippen LogP contribution in [0.3, 0.4) is 0 Å². The van der Waals surface area contributed by atoms with Crippen LogP contribution >= 0.6 is 11.8 Å². The van der Waals surface area contributed by atoms with Gasteiger partial charge < -0.3 is 14.8 Å². The quantitative estimate of drug-likeness (QED) is 0.582. The van der Waals surface area contributed by atoms with E-state index in [0.717, 1.165) is 12.1 Å². The molecule has 1 heterocycles. The van der Waals surface area contributed by atoms with E-state index in [0.29, 0.717) is 16.4 Å². The summed E-state index contributed by atoms with van der Waals surface area (Å²) in [4.78, 5) is 26.2. The standard InChI is InChI=1S/C20H19F2N5O2S/c1-26(10-14-6-7-15(21)9-17(14)22)19(29)13-4-3-5-16(8-13)24-18(28)11-30-20-25-23-12-27(20)2/h3-9,12H,10-11H2,1-2H3,(H,24,28). The summed E-state index contributed by atoms with van der Waals surface area (Å²) in [6.07, 6.45) is 1.55. The molecular formula is C20H19F2N5O2S. The Balaban J connectivity index is 1.61. The predicted octanol–water partition coefficient (Wildman–Crippen LogP) is 3.10. The molecule has 156 valence electrons. The molecule has 0 radical (unpaired) electrons. The van der Waals surface area contributed by atoms with Gasteiger partial charge in [0.1, 0.15) is 18.0 Å². The summed E-state index contributed by atoms with van der Waals surface area (Å²) in [5, 5.41) is 11.0. The smallest absolute Gasteiger partial charge is 0.253 e. The summed E-state index contributed by atoms with van der Waals surface area (Å²) in [7, 11) is 3.30. The number of aromatic nitrogens is 3. The van der Waals surface area contributed by atoms with Crippen molar-refractivity contribution in [2.75, 3.05) is 18.1 Å². The number of aryl methyl sites for hydroxylation is 1. The third-order valence-corrected chi connectivity index (χ3v) is 5.20. The van der Waals surface area contributed by atoms with Crippen LogP contribution in [0, 0.1) is 11.6 Å². The van der Waals surface area contributed by atoms with E-state index in [2.05, 4.69) is 15.5 Å². The fraction of sp³-hybridized carbons (Fsp3) is 0.200. The Morgan fingerprint density at radius 1 is 1.20 bits per heavy atom. The highest BCUT2D eigenvalue weighted by atomic mass is 32.2. The molecule has 0 spiro atoms. The molecule has 1 N–H and O–H groups in total. The van der Waals surface area contributed by atoms with E-state index in [1.54, 1.807) is 42.2 Å². The molecule has 0 saturated heterocycles. The zero-order chi connectivity index (χ0) is 21.7. The fourth-order valence-corrected chi connectivity index (χ4v) is 3.35. The lowest BCUT2D eigenvalue weighted by Gasteiger charge is -2.18. The number of anilines is 1. The predicted molar refractivity (Wildman–Crippen MR) is 109 cm³/mol. The number of nitrogens with zero attached hydrogens (tertiary/aromatic N) is 4. The molecule has 0 fully saturated rings. The Kier molecular flexibility index (Phi) is 6.78. The van der Waals surface area contributed by atoms with Crippen LogP contribution < -0.4 is 5.32 Å². The summed E-state index contributed by atoms with van der Waals surface area (Å²) >= 11 is 1.24. The summed E-state index contributed by atoms with van der Waals surface area (Å²) in [5.41, 5.74) is 1.00. The Bertz CT molecular complexity index is 1070. The third-order valence-electron chi connectivity index (χ3n) is 4.16. The number of amides is 2. The molecule has 3 rings (SSSR count). The molecule has 0 bridgehead atoms. The van der Waals surface area contributed by atoms with Gasteiger partial charge in [-0.1, -0.05) is 23.9 Å². The van der Waals surface area contributed by atoms with E-state index in [1.165, 1.54) is 29.8 Å². The number of hydrogen-bond donors (Lipinski definition) is 1. The minimum atomic E-state index is -0.712. The van der Waals surface area contributed by atoms with E-state index in [4.69, 9.17) is 0 Å². The maximum atomic E-state index is 13.8. The number of carbonyl (C=O) groups is 2. The minimum Gasteiger partial charge on any atom is -0.337 e. The van der Waals surface area contributed by atoms with Gasteiger partial charge in [-0.2, -0.15) is 0 Å². The molecule has 0 saturated carbocycles. The zero-order valence-corrected chi connectivity index (χ0v) is 17.1. The molecule has 0 aliphatic carbocycles. The highest BCUT2D eigenvalue weighted by Crippen LogP contribution is 2.17. The fourth-order valence-electron chi connectivity index (χ4n) is 2.66. The first-order valence-electron chi connectivity index (χ1n) is 8.89. The van der Waals surface area contributed by atoms with Crippen molar-refractivity contribution in [1.29, 1.82) is 0 Å². The second-order valence-corrected chi connectivity index (χ2v) is 7.48. The van der Waals surface area contributed by atoms with Crippen molar-refractivity contribution in [3.63, 3.8) is 0 Å². The number of carbonyl (C=O) groups excluding carboxylic acids is 2. The summed E-state index contributed by atoms with van der Waals surface area (Å²) in [6.45, 7) is -0.0180. The zero-order valence-electron chi connectivity index (χ0n) is 16.3. The molecule has 0 aliphatic rings. The van der Waals surface area contributed by atoms with Gasteiger partial charge in [-0.3, -0.25) is 9.59 Å². The van der Waals surface area contributed by atoms with Gasteiger partial charge in [0.05, 0.1) is 5.75 Å². The number of rotatable bonds is 7.